The Kier molecular flexibility index (Phi) is 7.36. The van der Waals surface area contributed by atoms with E-state index in [0.29, 0.717) is 9.88 Å². The van der Waals surface area contributed by atoms with Gasteiger partial charge < -0.3 is 15.0 Å². The number of ether oxygens (including phenoxy) is 1. The zero-order valence-electron chi connectivity index (χ0n) is 19.0. The molecular weight excluding hydrogens is 455 g/mol. The number of carbonyl (C=O) groups is 2. The van der Waals surface area contributed by atoms with Gasteiger partial charge in [-0.25, -0.2) is 9.78 Å². The summed E-state index contributed by atoms with van der Waals surface area (Å²) < 4.78 is 46.8. The van der Waals surface area contributed by atoms with Crippen molar-refractivity contribution >= 4 is 23.3 Å². The van der Waals surface area contributed by atoms with Gasteiger partial charge in [0, 0.05) is 13.1 Å². The summed E-state index contributed by atoms with van der Waals surface area (Å²) in [4.78, 5) is 31.8. The number of alkyl carbamates (subject to hydrolysis) is 1. The van der Waals surface area contributed by atoms with Crippen LogP contribution in [0.2, 0.25) is 0 Å². The SMILES string of the molecule is Cc1nc(C(=O)N2CCC[C@@H](C(F)(F)F)[C@H]2CNC(=O)OC(C)(C)C)c(-c2ccccc2)s1. The lowest BCUT2D eigenvalue weighted by Gasteiger charge is -2.42. The molecule has 2 aromatic rings. The third kappa shape index (κ3) is 6.25. The average Bonchev–Trinajstić information content (AvgIpc) is 3.12. The van der Waals surface area contributed by atoms with E-state index in [9.17, 15) is 22.8 Å². The molecule has 1 fully saturated rings. The molecular formula is C23H28F3N3O3S. The Labute approximate surface area is 195 Å². The minimum absolute atomic E-state index is 0.115. The number of benzene rings is 1. The average molecular weight is 484 g/mol. The second kappa shape index (κ2) is 9.70. The number of nitrogens with one attached hydrogen (secondary N) is 1. The fraction of sp³-hybridized carbons (Fsp3) is 0.522. The molecule has 0 spiro atoms. The van der Waals surface area contributed by atoms with E-state index in [0.717, 1.165) is 5.56 Å². The van der Waals surface area contributed by atoms with E-state index in [1.165, 1.54) is 16.2 Å². The van der Waals surface area contributed by atoms with Crippen LogP contribution in [-0.2, 0) is 4.74 Å². The number of amides is 2. The number of aryl methyl sites for hydroxylation is 1. The Bertz CT molecular complexity index is 986. The van der Waals surface area contributed by atoms with Crippen molar-refractivity contribution in [2.45, 2.75) is 58.4 Å². The highest BCUT2D eigenvalue weighted by molar-refractivity contribution is 7.15. The number of piperidine rings is 1. The van der Waals surface area contributed by atoms with Crippen LogP contribution in [0.4, 0.5) is 18.0 Å². The van der Waals surface area contributed by atoms with Crippen LogP contribution >= 0.6 is 11.3 Å². The minimum Gasteiger partial charge on any atom is -0.444 e. The number of carbonyl (C=O) groups excluding carboxylic acids is 2. The summed E-state index contributed by atoms with van der Waals surface area (Å²) >= 11 is 1.32. The molecule has 1 aliphatic rings. The normalized spacial score (nSPS) is 19.3. The van der Waals surface area contributed by atoms with Crippen molar-refractivity contribution in [1.29, 1.82) is 0 Å². The van der Waals surface area contributed by atoms with Gasteiger partial charge in [0.1, 0.15) is 11.3 Å². The molecule has 1 aliphatic heterocycles. The molecule has 0 radical (unpaired) electrons. The van der Waals surface area contributed by atoms with Crippen molar-refractivity contribution in [1.82, 2.24) is 15.2 Å². The summed E-state index contributed by atoms with van der Waals surface area (Å²) in [5.74, 6) is -2.33. The van der Waals surface area contributed by atoms with Crippen molar-refractivity contribution in [2.75, 3.05) is 13.1 Å². The van der Waals surface area contributed by atoms with Crippen molar-refractivity contribution in [3.05, 3.63) is 41.0 Å². The predicted molar refractivity (Wildman–Crippen MR) is 120 cm³/mol. The molecule has 2 atom stereocenters. The van der Waals surface area contributed by atoms with Crippen LogP contribution in [0.15, 0.2) is 30.3 Å². The van der Waals surface area contributed by atoms with Gasteiger partial charge in [-0.15, -0.1) is 11.3 Å². The third-order valence-electron chi connectivity index (χ3n) is 5.29. The number of hydrogen-bond donors (Lipinski definition) is 1. The van der Waals surface area contributed by atoms with Crippen molar-refractivity contribution in [3.63, 3.8) is 0 Å². The topological polar surface area (TPSA) is 71.5 Å². The predicted octanol–water partition coefficient (Wildman–Crippen LogP) is 5.43. The molecule has 6 nitrogen and oxygen atoms in total. The number of hydrogen-bond acceptors (Lipinski definition) is 5. The summed E-state index contributed by atoms with van der Waals surface area (Å²) in [7, 11) is 0. The Morgan fingerprint density at radius 1 is 1.21 bits per heavy atom. The van der Waals surface area contributed by atoms with Crippen LogP contribution in [0.1, 0.15) is 49.1 Å². The lowest BCUT2D eigenvalue weighted by Crippen LogP contribution is -2.57. The summed E-state index contributed by atoms with van der Waals surface area (Å²) in [6, 6.07) is 7.90. The molecule has 1 aromatic heterocycles. The van der Waals surface area contributed by atoms with Crippen LogP contribution in [0, 0.1) is 12.8 Å². The van der Waals surface area contributed by atoms with Gasteiger partial charge in [0.05, 0.1) is 21.8 Å². The molecule has 1 aromatic carbocycles. The first-order valence-corrected chi connectivity index (χ1v) is 11.6. The molecule has 180 valence electrons. The van der Waals surface area contributed by atoms with Gasteiger partial charge in [-0.2, -0.15) is 13.2 Å². The van der Waals surface area contributed by atoms with Gasteiger partial charge >= 0.3 is 12.3 Å². The van der Waals surface area contributed by atoms with E-state index in [1.54, 1.807) is 27.7 Å². The lowest BCUT2D eigenvalue weighted by atomic mass is 9.88. The van der Waals surface area contributed by atoms with Crippen LogP contribution in [0.5, 0.6) is 0 Å². The highest BCUT2D eigenvalue weighted by atomic mass is 32.1. The number of halogens is 3. The fourth-order valence-electron chi connectivity index (χ4n) is 3.94. The number of nitrogens with zero attached hydrogens (tertiary/aromatic N) is 2. The van der Waals surface area contributed by atoms with Crippen molar-refractivity contribution in [3.8, 4) is 10.4 Å². The van der Waals surface area contributed by atoms with E-state index in [1.807, 2.05) is 30.3 Å². The van der Waals surface area contributed by atoms with E-state index in [2.05, 4.69) is 10.3 Å². The zero-order chi connectivity index (χ0) is 24.4. The lowest BCUT2D eigenvalue weighted by molar-refractivity contribution is -0.197. The highest BCUT2D eigenvalue weighted by Gasteiger charge is 2.50. The first-order chi connectivity index (χ1) is 15.4. The Balaban J connectivity index is 1.91. The van der Waals surface area contributed by atoms with Gasteiger partial charge in [-0.3, -0.25) is 4.79 Å². The maximum absolute atomic E-state index is 13.9. The Hall–Kier alpha value is -2.62. The second-order valence-electron chi connectivity index (χ2n) is 9.02. The van der Waals surface area contributed by atoms with E-state index in [-0.39, 0.29) is 31.6 Å². The molecule has 2 amide bonds. The standard InChI is InChI=1S/C23H28F3N3O3S/c1-14-28-18(19(33-14)15-9-6-5-7-10-15)20(30)29-12-8-11-16(23(24,25)26)17(29)13-27-21(31)32-22(2,3)4/h5-7,9-10,16-17H,8,11-13H2,1-4H3,(H,27,31)/t16-,17-/m1/s1. The van der Waals surface area contributed by atoms with Crippen LogP contribution in [0.25, 0.3) is 10.4 Å². The number of rotatable bonds is 4. The molecule has 0 bridgehead atoms. The van der Waals surface area contributed by atoms with E-state index in [4.69, 9.17) is 4.74 Å². The quantitative estimate of drug-likeness (QED) is 0.630. The summed E-state index contributed by atoms with van der Waals surface area (Å²) in [6.07, 6.45) is -5.24. The molecule has 0 saturated carbocycles. The number of likely N-dealkylation sites (tertiary alicyclic amines) is 1. The molecule has 1 N–H and O–H groups in total. The van der Waals surface area contributed by atoms with Crippen LogP contribution < -0.4 is 5.32 Å². The van der Waals surface area contributed by atoms with Gasteiger partial charge in [0.2, 0.25) is 0 Å². The first kappa shape index (κ1) is 25.0. The summed E-state index contributed by atoms with van der Waals surface area (Å²) in [5, 5.41) is 3.07. The van der Waals surface area contributed by atoms with Gasteiger partial charge in [0.25, 0.3) is 5.91 Å². The van der Waals surface area contributed by atoms with Crippen molar-refractivity contribution < 1.29 is 27.5 Å². The molecule has 10 heteroatoms. The van der Waals surface area contributed by atoms with Gasteiger partial charge in [0.15, 0.2) is 0 Å². The van der Waals surface area contributed by atoms with Crippen LogP contribution in [-0.4, -0.2) is 52.8 Å². The molecule has 0 aliphatic carbocycles. The smallest absolute Gasteiger partial charge is 0.407 e. The maximum Gasteiger partial charge on any atom is 0.407 e. The maximum atomic E-state index is 13.9. The first-order valence-electron chi connectivity index (χ1n) is 10.7. The van der Waals surface area contributed by atoms with Gasteiger partial charge in [-0.1, -0.05) is 30.3 Å². The van der Waals surface area contributed by atoms with E-state index < -0.39 is 35.7 Å². The fourth-order valence-corrected chi connectivity index (χ4v) is 4.85. The van der Waals surface area contributed by atoms with Gasteiger partial charge in [-0.05, 0) is 46.1 Å². The Morgan fingerprint density at radius 3 is 2.48 bits per heavy atom. The Morgan fingerprint density at radius 2 is 1.88 bits per heavy atom. The summed E-state index contributed by atoms with van der Waals surface area (Å²) in [5.41, 5.74) is 0.117. The largest absolute Gasteiger partial charge is 0.444 e. The minimum atomic E-state index is -4.51. The molecule has 33 heavy (non-hydrogen) atoms. The molecule has 0 unspecified atom stereocenters. The van der Waals surface area contributed by atoms with Crippen molar-refractivity contribution in [2.24, 2.45) is 5.92 Å². The molecule has 1 saturated heterocycles. The second-order valence-corrected chi connectivity index (χ2v) is 10.2. The third-order valence-corrected chi connectivity index (χ3v) is 6.31. The molecule has 3 rings (SSSR count). The van der Waals surface area contributed by atoms with E-state index >= 15 is 0 Å². The zero-order valence-corrected chi connectivity index (χ0v) is 19.8. The molecule has 2 heterocycles. The number of alkyl halides is 3. The number of thiazole rings is 1. The highest BCUT2D eigenvalue weighted by Crippen LogP contribution is 2.39. The van der Waals surface area contributed by atoms with Crippen LogP contribution in [0.3, 0.4) is 0 Å². The monoisotopic (exact) mass is 483 g/mol. The number of aromatic nitrogens is 1. The summed E-state index contributed by atoms with van der Waals surface area (Å²) in [6.45, 7) is 6.53.